The molecule has 0 saturated heterocycles. The Morgan fingerprint density at radius 2 is 2.23 bits per heavy atom. The number of thiazole rings is 1. The van der Waals surface area contributed by atoms with E-state index in [1.807, 2.05) is 11.4 Å². The molecule has 13 heavy (non-hydrogen) atoms. The van der Waals surface area contributed by atoms with Gasteiger partial charge in [-0.2, -0.15) is 0 Å². The third kappa shape index (κ3) is 1.63. The number of nitrogen functional groups attached to an aromatic ring is 1. The van der Waals surface area contributed by atoms with Gasteiger partial charge in [0.2, 0.25) is 0 Å². The summed E-state index contributed by atoms with van der Waals surface area (Å²) in [6.45, 7) is 0. The van der Waals surface area contributed by atoms with Crippen LogP contribution in [0.1, 0.15) is 0 Å². The van der Waals surface area contributed by atoms with Gasteiger partial charge in [-0.3, -0.25) is 0 Å². The predicted octanol–water partition coefficient (Wildman–Crippen LogP) is 0.886. The number of rotatable bonds is 2. The quantitative estimate of drug-likeness (QED) is 0.547. The van der Waals surface area contributed by atoms with Gasteiger partial charge >= 0.3 is 0 Å². The number of nitrogens with two attached hydrogens (primary N) is 1. The van der Waals surface area contributed by atoms with Crippen LogP contribution in [0.15, 0.2) is 23.7 Å². The van der Waals surface area contributed by atoms with Crippen LogP contribution in [0.4, 0.5) is 5.82 Å². The number of nitrogens with one attached hydrogen (secondary N) is 1. The topological polar surface area (TPSA) is 76.7 Å². The molecular formula is C7H7N5S. The minimum Gasteiger partial charge on any atom is -0.307 e. The molecule has 0 radical (unpaired) electrons. The molecule has 0 bridgehead atoms. The molecule has 2 heterocycles. The summed E-state index contributed by atoms with van der Waals surface area (Å²) in [5, 5.41) is 10.5. The molecule has 2 rings (SSSR count). The number of hydrazine groups is 1. The molecule has 0 aromatic carbocycles. The number of anilines is 1. The average molecular weight is 193 g/mol. The van der Waals surface area contributed by atoms with E-state index in [0.29, 0.717) is 5.82 Å². The fraction of sp³-hybridized carbons (Fsp3) is 0. The summed E-state index contributed by atoms with van der Waals surface area (Å²) in [7, 11) is 0. The van der Waals surface area contributed by atoms with Crippen molar-refractivity contribution in [3.63, 3.8) is 0 Å². The minimum atomic E-state index is 0.542. The van der Waals surface area contributed by atoms with Gasteiger partial charge in [-0.1, -0.05) is 0 Å². The van der Waals surface area contributed by atoms with Crippen molar-refractivity contribution in [2.75, 3.05) is 5.43 Å². The monoisotopic (exact) mass is 193 g/mol. The first-order valence-electron chi connectivity index (χ1n) is 3.60. The molecule has 0 spiro atoms. The van der Waals surface area contributed by atoms with Crippen LogP contribution < -0.4 is 11.3 Å². The average Bonchev–Trinajstić information content (AvgIpc) is 2.71. The van der Waals surface area contributed by atoms with E-state index in [-0.39, 0.29) is 0 Å². The van der Waals surface area contributed by atoms with E-state index in [4.69, 9.17) is 5.84 Å². The maximum Gasteiger partial charge on any atom is 0.162 e. The molecule has 2 aromatic heterocycles. The Kier molecular flexibility index (Phi) is 2.15. The zero-order valence-corrected chi connectivity index (χ0v) is 7.45. The molecule has 2 aromatic rings. The molecule has 5 nitrogen and oxygen atoms in total. The van der Waals surface area contributed by atoms with Crippen molar-refractivity contribution >= 4 is 17.2 Å². The first kappa shape index (κ1) is 8.09. The normalized spacial score (nSPS) is 9.92. The van der Waals surface area contributed by atoms with Crippen LogP contribution in [-0.4, -0.2) is 15.2 Å². The highest BCUT2D eigenvalue weighted by Gasteiger charge is 2.01. The molecule has 3 N–H and O–H groups in total. The van der Waals surface area contributed by atoms with E-state index < -0.39 is 0 Å². The molecule has 0 saturated carbocycles. The van der Waals surface area contributed by atoms with Gasteiger partial charge in [0.1, 0.15) is 10.7 Å². The van der Waals surface area contributed by atoms with Crippen molar-refractivity contribution < 1.29 is 0 Å². The Morgan fingerprint density at radius 3 is 2.77 bits per heavy atom. The van der Waals surface area contributed by atoms with Crippen molar-refractivity contribution in [2.45, 2.75) is 0 Å². The lowest BCUT2D eigenvalue weighted by Gasteiger charge is -1.97. The smallest absolute Gasteiger partial charge is 0.162 e. The molecule has 0 unspecified atom stereocenters. The second kappa shape index (κ2) is 3.46. The molecule has 66 valence electrons. The summed E-state index contributed by atoms with van der Waals surface area (Å²) < 4.78 is 0. The van der Waals surface area contributed by atoms with E-state index in [9.17, 15) is 0 Å². The van der Waals surface area contributed by atoms with Crippen LogP contribution >= 0.6 is 11.3 Å². The number of aromatic nitrogens is 3. The molecule has 6 heteroatoms. The summed E-state index contributed by atoms with van der Waals surface area (Å²) in [5.74, 6) is 5.70. The minimum absolute atomic E-state index is 0.542. The van der Waals surface area contributed by atoms with Gasteiger partial charge < -0.3 is 5.43 Å². The fourth-order valence-electron chi connectivity index (χ4n) is 0.873. The zero-order valence-electron chi connectivity index (χ0n) is 6.64. The number of hydrogen-bond donors (Lipinski definition) is 2. The van der Waals surface area contributed by atoms with Crippen molar-refractivity contribution in [1.29, 1.82) is 0 Å². The van der Waals surface area contributed by atoms with E-state index in [1.54, 1.807) is 12.3 Å². The van der Waals surface area contributed by atoms with E-state index in [2.05, 4.69) is 20.6 Å². The van der Waals surface area contributed by atoms with Crippen LogP contribution in [0, 0.1) is 0 Å². The van der Waals surface area contributed by atoms with Gasteiger partial charge in [0.05, 0.1) is 0 Å². The highest BCUT2D eigenvalue weighted by molar-refractivity contribution is 7.13. The lowest BCUT2D eigenvalue weighted by atomic mass is 10.4. The van der Waals surface area contributed by atoms with Gasteiger partial charge in [-0.15, -0.1) is 21.5 Å². The van der Waals surface area contributed by atoms with Crippen molar-refractivity contribution in [1.82, 2.24) is 15.2 Å². The van der Waals surface area contributed by atoms with Gasteiger partial charge in [0.25, 0.3) is 0 Å². The summed E-state index contributed by atoms with van der Waals surface area (Å²) in [6.07, 6.45) is 1.73. The van der Waals surface area contributed by atoms with Crippen molar-refractivity contribution in [2.24, 2.45) is 5.84 Å². The number of hydrogen-bond acceptors (Lipinski definition) is 6. The summed E-state index contributed by atoms with van der Waals surface area (Å²) in [5.41, 5.74) is 3.17. The fourth-order valence-corrected chi connectivity index (χ4v) is 1.48. The SMILES string of the molecule is NNc1ccc(-c2nccs2)nn1. The standard InChI is InChI=1S/C7H7N5S/c8-10-6-2-1-5(11-12-6)7-9-3-4-13-7/h1-4H,8H2,(H,10,12). The van der Waals surface area contributed by atoms with Crippen LogP contribution in [0.5, 0.6) is 0 Å². The Morgan fingerprint density at radius 1 is 1.31 bits per heavy atom. The van der Waals surface area contributed by atoms with Crippen molar-refractivity contribution in [3.05, 3.63) is 23.7 Å². The van der Waals surface area contributed by atoms with Crippen molar-refractivity contribution in [3.8, 4) is 10.7 Å². The lowest BCUT2D eigenvalue weighted by Crippen LogP contribution is -2.08. The van der Waals surface area contributed by atoms with Crippen LogP contribution in [0.25, 0.3) is 10.7 Å². The first-order chi connectivity index (χ1) is 6.40. The lowest BCUT2D eigenvalue weighted by molar-refractivity contribution is 1.02. The highest BCUT2D eigenvalue weighted by Crippen LogP contribution is 2.18. The van der Waals surface area contributed by atoms with E-state index in [1.165, 1.54) is 11.3 Å². The van der Waals surface area contributed by atoms with Crippen LogP contribution in [0.2, 0.25) is 0 Å². The molecule has 0 aliphatic heterocycles. The molecule has 0 amide bonds. The van der Waals surface area contributed by atoms with E-state index >= 15 is 0 Å². The summed E-state index contributed by atoms with van der Waals surface area (Å²) >= 11 is 1.52. The van der Waals surface area contributed by atoms with Gasteiger partial charge in [0, 0.05) is 11.6 Å². The molecule has 0 aliphatic carbocycles. The van der Waals surface area contributed by atoms with Gasteiger partial charge in [-0.25, -0.2) is 10.8 Å². The highest BCUT2D eigenvalue weighted by atomic mass is 32.1. The second-order valence-electron chi connectivity index (χ2n) is 2.29. The van der Waals surface area contributed by atoms with Gasteiger partial charge in [0.15, 0.2) is 5.82 Å². The van der Waals surface area contributed by atoms with Gasteiger partial charge in [-0.05, 0) is 12.1 Å². The Bertz CT molecular complexity index is 368. The Balaban J connectivity index is 2.33. The second-order valence-corrected chi connectivity index (χ2v) is 3.18. The predicted molar refractivity (Wildman–Crippen MR) is 51.0 cm³/mol. The Labute approximate surface area is 78.6 Å². The maximum absolute atomic E-state index is 5.15. The van der Waals surface area contributed by atoms with Crippen LogP contribution in [0.3, 0.4) is 0 Å². The first-order valence-corrected chi connectivity index (χ1v) is 4.48. The number of nitrogens with zero attached hydrogens (tertiary/aromatic N) is 3. The molecular weight excluding hydrogens is 186 g/mol. The van der Waals surface area contributed by atoms with Crippen LogP contribution in [-0.2, 0) is 0 Å². The molecule has 0 atom stereocenters. The summed E-state index contributed by atoms with van der Waals surface area (Å²) in [6, 6.07) is 3.57. The molecule has 0 fully saturated rings. The maximum atomic E-state index is 5.15. The third-order valence-electron chi connectivity index (χ3n) is 1.46. The molecule has 0 aliphatic rings. The Hall–Kier alpha value is -1.53. The largest absolute Gasteiger partial charge is 0.307 e. The zero-order chi connectivity index (χ0) is 9.10. The van der Waals surface area contributed by atoms with E-state index in [0.717, 1.165) is 10.7 Å². The third-order valence-corrected chi connectivity index (χ3v) is 2.26. The summed E-state index contributed by atoms with van der Waals surface area (Å²) in [4.78, 5) is 4.11.